The van der Waals surface area contributed by atoms with Gasteiger partial charge in [0.2, 0.25) is 0 Å². The summed E-state index contributed by atoms with van der Waals surface area (Å²) in [6, 6.07) is 8.01. The molecule has 0 aliphatic heterocycles. The van der Waals surface area contributed by atoms with E-state index in [4.69, 9.17) is 4.42 Å². The Hall–Kier alpha value is -2.10. The van der Waals surface area contributed by atoms with Crippen LogP contribution in [0.15, 0.2) is 41.0 Å². The monoisotopic (exact) mass is 233 g/mol. The molecular formula is C13H12FNO2. The maximum absolute atomic E-state index is 13.7. The van der Waals surface area contributed by atoms with Crippen LogP contribution < -0.4 is 4.90 Å². The molecule has 1 aromatic carbocycles. The van der Waals surface area contributed by atoms with E-state index >= 15 is 0 Å². The third-order valence-electron chi connectivity index (χ3n) is 2.49. The third kappa shape index (κ3) is 2.53. The number of aldehydes is 1. The average molecular weight is 233 g/mol. The largest absolute Gasteiger partial charge is 0.467 e. The second-order valence-electron chi connectivity index (χ2n) is 3.76. The Labute approximate surface area is 98.5 Å². The molecule has 1 aromatic heterocycles. The normalized spacial score (nSPS) is 10.2. The zero-order valence-electron chi connectivity index (χ0n) is 9.39. The van der Waals surface area contributed by atoms with Crippen molar-refractivity contribution in [3.63, 3.8) is 0 Å². The van der Waals surface area contributed by atoms with Gasteiger partial charge in [0.25, 0.3) is 0 Å². The summed E-state index contributed by atoms with van der Waals surface area (Å²) < 4.78 is 18.9. The number of benzene rings is 1. The molecule has 0 aliphatic rings. The molecule has 0 amide bonds. The number of nitrogens with zero attached hydrogens (tertiary/aromatic N) is 1. The fourth-order valence-corrected chi connectivity index (χ4v) is 1.63. The number of halogens is 1. The van der Waals surface area contributed by atoms with E-state index in [0.29, 0.717) is 24.1 Å². The molecule has 0 N–H and O–H groups in total. The average Bonchev–Trinajstić information content (AvgIpc) is 2.81. The van der Waals surface area contributed by atoms with Gasteiger partial charge < -0.3 is 9.32 Å². The first kappa shape index (κ1) is 11.4. The van der Waals surface area contributed by atoms with E-state index in [1.807, 2.05) is 6.07 Å². The van der Waals surface area contributed by atoms with E-state index in [-0.39, 0.29) is 0 Å². The first-order valence-electron chi connectivity index (χ1n) is 5.19. The molecule has 0 fully saturated rings. The van der Waals surface area contributed by atoms with E-state index in [9.17, 15) is 9.18 Å². The zero-order chi connectivity index (χ0) is 12.3. The molecule has 0 spiro atoms. The Morgan fingerprint density at radius 2 is 2.24 bits per heavy atom. The van der Waals surface area contributed by atoms with E-state index in [1.165, 1.54) is 6.07 Å². The summed E-state index contributed by atoms with van der Waals surface area (Å²) >= 11 is 0. The molecular weight excluding hydrogens is 221 g/mol. The van der Waals surface area contributed by atoms with Gasteiger partial charge >= 0.3 is 0 Å². The van der Waals surface area contributed by atoms with Crippen molar-refractivity contribution in [2.45, 2.75) is 6.54 Å². The lowest BCUT2D eigenvalue weighted by molar-refractivity contribution is 0.112. The van der Waals surface area contributed by atoms with Crippen LogP contribution in [0.25, 0.3) is 0 Å². The van der Waals surface area contributed by atoms with Gasteiger partial charge in [0, 0.05) is 12.6 Å². The van der Waals surface area contributed by atoms with Crippen LogP contribution in [0.2, 0.25) is 0 Å². The lowest BCUT2D eigenvalue weighted by atomic mass is 10.2. The highest BCUT2D eigenvalue weighted by Gasteiger charge is 2.09. The maximum atomic E-state index is 13.7. The van der Waals surface area contributed by atoms with Crippen molar-refractivity contribution in [1.29, 1.82) is 0 Å². The quantitative estimate of drug-likeness (QED) is 0.761. The summed E-state index contributed by atoms with van der Waals surface area (Å²) in [7, 11) is 1.77. The smallest absolute Gasteiger partial charge is 0.150 e. The number of furan rings is 1. The fourth-order valence-electron chi connectivity index (χ4n) is 1.63. The molecule has 17 heavy (non-hydrogen) atoms. The van der Waals surface area contributed by atoms with Gasteiger partial charge in [-0.1, -0.05) is 0 Å². The van der Waals surface area contributed by atoms with Crippen LogP contribution in [0.3, 0.4) is 0 Å². The third-order valence-corrected chi connectivity index (χ3v) is 2.49. The first-order valence-corrected chi connectivity index (χ1v) is 5.19. The molecule has 0 atom stereocenters. The van der Waals surface area contributed by atoms with Crippen LogP contribution in [0, 0.1) is 5.82 Å². The molecule has 1 heterocycles. The Bertz CT molecular complexity index is 508. The van der Waals surface area contributed by atoms with E-state index in [2.05, 4.69) is 0 Å². The minimum absolute atomic E-state index is 0.331. The van der Waals surface area contributed by atoms with Gasteiger partial charge in [-0.2, -0.15) is 0 Å². The second-order valence-corrected chi connectivity index (χ2v) is 3.76. The highest BCUT2D eigenvalue weighted by molar-refractivity contribution is 5.75. The van der Waals surface area contributed by atoms with Crippen LogP contribution in [0.1, 0.15) is 16.1 Å². The van der Waals surface area contributed by atoms with Gasteiger partial charge in [0.05, 0.1) is 18.5 Å². The van der Waals surface area contributed by atoms with E-state index in [0.717, 1.165) is 5.76 Å². The minimum Gasteiger partial charge on any atom is -0.467 e. The van der Waals surface area contributed by atoms with Crippen LogP contribution >= 0.6 is 0 Å². The zero-order valence-corrected chi connectivity index (χ0v) is 9.39. The highest BCUT2D eigenvalue weighted by atomic mass is 19.1. The first-order chi connectivity index (χ1) is 8.20. The van der Waals surface area contributed by atoms with Gasteiger partial charge in [-0.25, -0.2) is 4.39 Å². The number of hydrogen-bond acceptors (Lipinski definition) is 3. The van der Waals surface area contributed by atoms with Gasteiger partial charge in [-0.15, -0.1) is 0 Å². The van der Waals surface area contributed by atoms with Crippen molar-refractivity contribution in [3.8, 4) is 0 Å². The van der Waals surface area contributed by atoms with Crippen LogP contribution in [0.5, 0.6) is 0 Å². The lowest BCUT2D eigenvalue weighted by Gasteiger charge is -2.18. The molecule has 0 aliphatic carbocycles. The Balaban J connectivity index is 2.19. The van der Waals surface area contributed by atoms with Crippen molar-refractivity contribution in [2.75, 3.05) is 11.9 Å². The van der Waals surface area contributed by atoms with Crippen LogP contribution in [-0.4, -0.2) is 13.3 Å². The number of carbonyl (C=O) groups excluding carboxylic acids is 1. The molecule has 2 rings (SSSR count). The van der Waals surface area contributed by atoms with Crippen molar-refractivity contribution >= 4 is 12.0 Å². The van der Waals surface area contributed by atoms with Crippen molar-refractivity contribution < 1.29 is 13.6 Å². The summed E-state index contributed by atoms with van der Waals surface area (Å²) in [6.07, 6.45) is 2.20. The molecule has 0 saturated heterocycles. The highest BCUT2D eigenvalue weighted by Crippen LogP contribution is 2.20. The Morgan fingerprint density at radius 3 is 2.82 bits per heavy atom. The fraction of sp³-hybridized carbons (Fsp3) is 0.154. The lowest BCUT2D eigenvalue weighted by Crippen LogP contribution is -2.17. The predicted molar refractivity (Wildman–Crippen MR) is 62.6 cm³/mol. The minimum atomic E-state index is -0.413. The van der Waals surface area contributed by atoms with Gasteiger partial charge in [-0.05, 0) is 30.3 Å². The van der Waals surface area contributed by atoms with Crippen LogP contribution in [0.4, 0.5) is 10.1 Å². The molecule has 0 radical (unpaired) electrons. The van der Waals surface area contributed by atoms with Crippen molar-refractivity contribution in [2.24, 2.45) is 0 Å². The molecule has 0 saturated carbocycles. The summed E-state index contributed by atoms with van der Waals surface area (Å²) in [5, 5.41) is 0. The van der Waals surface area contributed by atoms with E-state index < -0.39 is 5.82 Å². The molecule has 0 bridgehead atoms. The molecule has 88 valence electrons. The van der Waals surface area contributed by atoms with Gasteiger partial charge in [0.1, 0.15) is 17.9 Å². The second kappa shape index (κ2) is 4.82. The summed E-state index contributed by atoms with van der Waals surface area (Å²) in [6.45, 7) is 0.477. The number of anilines is 1. The topological polar surface area (TPSA) is 33.5 Å². The SMILES string of the molecule is CN(Cc1ccco1)c1ccc(C=O)cc1F. The molecule has 0 unspecified atom stereocenters. The van der Waals surface area contributed by atoms with Crippen molar-refractivity contribution in [3.05, 3.63) is 53.7 Å². The number of carbonyl (C=O) groups is 1. The Kier molecular flexibility index (Phi) is 3.23. The van der Waals surface area contributed by atoms with Gasteiger partial charge in [-0.3, -0.25) is 4.79 Å². The molecule has 3 nitrogen and oxygen atoms in total. The van der Waals surface area contributed by atoms with Crippen LogP contribution in [-0.2, 0) is 6.54 Å². The molecule has 2 aromatic rings. The Morgan fingerprint density at radius 1 is 1.41 bits per heavy atom. The summed E-state index contributed by atoms with van der Waals surface area (Å²) in [4.78, 5) is 12.2. The predicted octanol–water partition coefficient (Wildman–Crippen LogP) is 2.87. The number of rotatable bonds is 4. The van der Waals surface area contributed by atoms with Gasteiger partial charge in [0.15, 0.2) is 0 Å². The summed E-state index contributed by atoms with van der Waals surface area (Å²) in [5.41, 5.74) is 0.768. The van der Waals surface area contributed by atoms with Crippen molar-refractivity contribution in [1.82, 2.24) is 0 Å². The maximum Gasteiger partial charge on any atom is 0.150 e. The standard InChI is InChI=1S/C13H12FNO2/c1-15(8-11-3-2-6-17-11)13-5-4-10(9-16)7-12(13)14/h2-7,9H,8H2,1H3. The molecule has 4 heteroatoms. The van der Waals surface area contributed by atoms with E-state index in [1.54, 1.807) is 36.4 Å². The number of hydrogen-bond donors (Lipinski definition) is 0. The summed E-state index contributed by atoms with van der Waals surface area (Å²) in [5.74, 6) is 0.343.